The Morgan fingerprint density at radius 2 is 1.88 bits per heavy atom. The van der Waals surface area contributed by atoms with Crippen LogP contribution >= 0.6 is 0 Å². The van der Waals surface area contributed by atoms with Gasteiger partial charge in [0, 0.05) is 43.7 Å². The second kappa shape index (κ2) is 12.0. The summed E-state index contributed by atoms with van der Waals surface area (Å²) in [6, 6.07) is -0.770. The number of carbonyl (C=O) groups is 5. The maximum Gasteiger partial charge on any atom is 0.335 e. The number of rotatable bonds is 11. The third kappa shape index (κ3) is 8.21. The number of carbonyl (C=O) groups excluding carboxylic acids is 4. The number of hydrogen-bond acceptors (Lipinski definition) is 6. The first-order valence-corrected chi connectivity index (χ1v) is 11.0. The van der Waals surface area contributed by atoms with Gasteiger partial charge in [0.1, 0.15) is 11.8 Å². The lowest BCUT2D eigenvalue weighted by atomic mass is 9.81. The lowest BCUT2D eigenvalue weighted by molar-refractivity contribution is -0.139. The number of ether oxygens (including phenoxy) is 1. The van der Waals surface area contributed by atoms with Crippen molar-refractivity contribution < 1.29 is 33.8 Å². The van der Waals surface area contributed by atoms with Crippen LogP contribution in [0.2, 0.25) is 0 Å². The number of fused-ring (bicyclic) bond motifs is 1. The average Bonchev–Trinajstić information content (AvgIpc) is 2.69. The zero-order valence-electron chi connectivity index (χ0n) is 19.1. The largest absolute Gasteiger partial charge is 0.481 e. The Morgan fingerprint density at radius 1 is 1.15 bits per heavy atom. The smallest absolute Gasteiger partial charge is 0.335 e. The van der Waals surface area contributed by atoms with Crippen molar-refractivity contribution in [3.05, 3.63) is 35.3 Å². The second-order valence-corrected chi connectivity index (χ2v) is 8.30. The summed E-state index contributed by atoms with van der Waals surface area (Å²) < 4.78 is 5.33. The molecule has 33 heavy (non-hydrogen) atoms. The molecule has 0 aromatic heterocycles. The van der Waals surface area contributed by atoms with E-state index in [9.17, 15) is 24.0 Å². The van der Waals surface area contributed by atoms with Crippen LogP contribution in [-0.4, -0.2) is 47.4 Å². The molecule has 0 spiro atoms. The summed E-state index contributed by atoms with van der Waals surface area (Å²) in [6.45, 7) is 5.51. The highest BCUT2D eigenvalue weighted by atomic mass is 16.5. The Labute approximate surface area is 192 Å². The van der Waals surface area contributed by atoms with Crippen molar-refractivity contribution in [1.29, 1.82) is 0 Å². The zero-order valence-corrected chi connectivity index (χ0v) is 19.1. The van der Waals surface area contributed by atoms with Crippen LogP contribution in [0.25, 0.3) is 0 Å². The minimum Gasteiger partial charge on any atom is -0.481 e. The summed E-state index contributed by atoms with van der Waals surface area (Å²) in [6.07, 6.45) is 6.16. The van der Waals surface area contributed by atoms with E-state index in [1.54, 1.807) is 6.08 Å². The van der Waals surface area contributed by atoms with E-state index in [0.29, 0.717) is 37.3 Å². The molecular weight excluding hydrogens is 430 g/mol. The summed E-state index contributed by atoms with van der Waals surface area (Å²) >= 11 is 0. The number of unbranched alkanes of at least 4 members (excludes halogenated alkanes) is 1. The van der Waals surface area contributed by atoms with Gasteiger partial charge in [-0.2, -0.15) is 0 Å². The van der Waals surface area contributed by atoms with Gasteiger partial charge in [-0.05, 0) is 32.1 Å². The molecule has 1 aliphatic heterocycles. The number of allylic oxidation sites excluding steroid dienone is 3. The molecule has 1 heterocycles. The third-order valence-electron chi connectivity index (χ3n) is 5.40. The van der Waals surface area contributed by atoms with E-state index >= 15 is 0 Å². The van der Waals surface area contributed by atoms with Crippen LogP contribution in [0.1, 0.15) is 52.9 Å². The number of hydrogen-bond donors (Lipinski definition) is 4. The fourth-order valence-electron chi connectivity index (χ4n) is 3.91. The Hall–Kier alpha value is -3.43. The first kappa shape index (κ1) is 25.8. The predicted molar refractivity (Wildman–Crippen MR) is 118 cm³/mol. The number of amides is 3. The van der Waals surface area contributed by atoms with Crippen molar-refractivity contribution in [2.75, 3.05) is 6.54 Å². The SMILES string of the molecule is CC(=O)N[C@@H](CCCCNC(=O)CCC(=O)O)C(=O)NC1=CC(C)C2C(C)=CC(=O)OC2=C1. The van der Waals surface area contributed by atoms with Gasteiger partial charge in [-0.25, -0.2) is 4.79 Å². The second-order valence-electron chi connectivity index (χ2n) is 8.30. The number of nitrogens with one attached hydrogen (secondary N) is 3. The van der Waals surface area contributed by atoms with E-state index in [1.807, 2.05) is 19.9 Å². The highest BCUT2D eigenvalue weighted by molar-refractivity contribution is 5.88. The molecule has 0 bridgehead atoms. The molecular formula is C23H31N3O7. The Kier molecular flexibility index (Phi) is 9.38. The fourth-order valence-corrected chi connectivity index (χ4v) is 3.91. The molecule has 0 saturated carbocycles. The van der Waals surface area contributed by atoms with Crippen molar-refractivity contribution in [2.45, 2.75) is 58.9 Å². The van der Waals surface area contributed by atoms with Crippen molar-refractivity contribution in [3.8, 4) is 0 Å². The van der Waals surface area contributed by atoms with Gasteiger partial charge in [-0.1, -0.05) is 18.6 Å². The van der Waals surface area contributed by atoms with Gasteiger partial charge >= 0.3 is 11.9 Å². The van der Waals surface area contributed by atoms with E-state index in [-0.39, 0.29) is 42.4 Å². The normalized spacial score (nSPS) is 20.2. The summed E-state index contributed by atoms with van der Waals surface area (Å²) in [5.41, 5.74) is 1.40. The quantitative estimate of drug-likeness (QED) is 0.267. The first-order chi connectivity index (χ1) is 15.6. The van der Waals surface area contributed by atoms with Crippen molar-refractivity contribution in [3.63, 3.8) is 0 Å². The maximum absolute atomic E-state index is 12.8. The summed E-state index contributed by atoms with van der Waals surface area (Å²) in [4.78, 5) is 58.2. The molecule has 3 atom stereocenters. The number of carboxylic acid groups (broad SMARTS) is 1. The van der Waals surface area contributed by atoms with Gasteiger partial charge in [-0.15, -0.1) is 0 Å². The Balaban J connectivity index is 1.89. The van der Waals surface area contributed by atoms with Gasteiger partial charge in [0.2, 0.25) is 17.7 Å². The monoisotopic (exact) mass is 461 g/mol. The molecule has 2 aliphatic rings. The number of carboxylic acids is 1. The van der Waals surface area contributed by atoms with E-state index in [4.69, 9.17) is 9.84 Å². The number of aliphatic carboxylic acids is 1. The third-order valence-corrected chi connectivity index (χ3v) is 5.40. The van der Waals surface area contributed by atoms with E-state index < -0.39 is 18.0 Å². The lowest BCUT2D eigenvalue weighted by Gasteiger charge is -2.32. The molecule has 0 aromatic carbocycles. The summed E-state index contributed by atoms with van der Waals surface area (Å²) in [5.74, 6) is -2.11. The summed E-state index contributed by atoms with van der Waals surface area (Å²) in [7, 11) is 0. The topological polar surface area (TPSA) is 151 Å². The molecule has 0 saturated heterocycles. The molecule has 10 nitrogen and oxygen atoms in total. The standard InChI is InChI=1S/C23H31N3O7/c1-13-10-16(12-18-22(13)14(2)11-21(31)33-18)26-23(32)17(25-15(3)27)6-4-5-9-24-19(28)7-8-20(29)30/h10-13,17,22H,4-9H2,1-3H3,(H,24,28)(H,25,27)(H,26,32)(H,29,30)/t13?,17-,22?/m0/s1. The zero-order chi connectivity index (χ0) is 24.5. The van der Waals surface area contributed by atoms with E-state index in [2.05, 4.69) is 16.0 Å². The molecule has 180 valence electrons. The Bertz CT molecular complexity index is 904. The van der Waals surface area contributed by atoms with Crippen LogP contribution in [0.4, 0.5) is 0 Å². The minimum absolute atomic E-state index is 0.00797. The molecule has 4 N–H and O–H groups in total. The molecule has 2 rings (SSSR count). The fraction of sp³-hybridized carbons (Fsp3) is 0.522. The van der Waals surface area contributed by atoms with Gasteiger partial charge < -0.3 is 25.8 Å². The molecule has 3 amide bonds. The van der Waals surface area contributed by atoms with Crippen LogP contribution in [0.15, 0.2) is 35.3 Å². The highest BCUT2D eigenvalue weighted by Crippen LogP contribution is 2.37. The van der Waals surface area contributed by atoms with Crippen molar-refractivity contribution >= 4 is 29.7 Å². The van der Waals surface area contributed by atoms with Crippen LogP contribution in [0.5, 0.6) is 0 Å². The van der Waals surface area contributed by atoms with Gasteiger partial charge in [-0.3, -0.25) is 19.2 Å². The molecule has 10 heteroatoms. The van der Waals surface area contributed by atoms with Crippen LogP contribution in [0.3, 0.4) is 0 Å². The van der Waals surface area contributed by atoms with E-state index in [1.165, 1.54) is 13.0 Å². The molecule has 0 fully saturated rings. The predicted octanol–water partition coefficient (Wildman–Crippen LogP) is 1.30. The lowest BCUT2D eigenvalue weighted by Crippen LogP contribution is -2.46. The van der Waals surface area contributed by atoms with Gasteiger partial charge in [0.15, 0.2) is 0 Å². The average molecular weight is 462 g/mol. The Morgan fingerprint density at radius 3 is 2.55 bits per heavy atom. The van der Waals surface area contributed by atoms with Crippen LogP contribution in [0, 0.1) is 11.8 Å². The van der Waals surface area contributed by atoms with Gasteiger partial charge in [0.25, 0.3) is 0 Å². The molecule has 0 aromatic rings. The van der Waals surface area contributed by atoms with Crippen LogP contribution < -0.4 is 16.0 Å². The van der Waals surface area contributed by atoms with E-state index in [0.717, 1.165) is 5.57 Å². The minimum atomic E-state index is -1.03. The van der Waals surface area contributed by atoms with Crippen molar-refractivity contribution in [2.24, 2.45) is 11.8 Å². The molecule has 2 unspecified atom stereocenters. The summed E-state index contributed by atoms with van der Waals surface area (Å²) in [5, 5.41) is 16.7. The number of esters is 1. The maximum atomic E-state index is 12.8. The first-order valence-electron chi connectivity index (χ1n) is 11.0. The molecule has 1 aliphatic carbocycles. The molecule has 0 radical (unpaired) electrons. The van der Waals surface area contributed by atoms with Crippen molar-refractivity contribution in [1.82, 2.24) is 16.0 Å². The highest BCUT2D eigenvalue weighted by Gasteiger charge is 2.33. The van der Waals surface area contributed by atoms with Crippen LogP contribution in [-0.2, 0) is 28.7 Å². The van der Waals surface area contributed by atoms with Gasteiger partial charge in [0.05, 0.1) is 6.42 Å².